The fourth-order valence-electron chi connectivity index (χ4n) is 4.05. The van der Waals surface area contributed by atoms with Crippen molar-refractivity contribution in [3.05, 3.63) is 105 Å². The number of nitrogens with zero attached hydrogens (tertiary/aromatic N) is 2. The number of ether oxygens (including phenoxy) is 2. The number of hydrogen-bond donors (Lipinski definition) is 0. The van der Waals surface area contributed by atoms with Crippen LogP contribution in [-0.4, -0.2) is 29.0 Å². The Bertz CT molecular complexity index is 1450. The van der Waals surface area contributed by atoms with E-state index in [1.54, 1.807) is 48.2 Å². The Hall–Kier alpha value is -3.98. The third kappa shape index (κ3) is 4.61. The number of ketones is 1. The fraction of sp³-hybridized carbons (Fsp3) is 0.148. The molecule has 9 heteroatoms. The second-order valence-corrected chi connectivity index (χ2v) is 9.06. The van der Waals surface area contributed by atoms with Gasteiger partial charge in [-0.05, 0) is 60.5 Å². The highest BCUT2D eigenvalue weighted by Gasteiger charge is 2.35. The number of hydrogen-bond acceptors (Lipinski definition) is 6. The van der Waals surface area contributed by atoms with E-state index in [4.69, 9.17) is 9.47 Å². The van der Waals surface area contributed by atoms with E-state index in [-0.39, 0.29) is 12.4 Å². The Morgan fingerprint density at radius 3 is 2.19 bits per heavy atom. The maximum absolute atomic E-state index is 13.6. The number of thiazole rings is 1. The zero-order valence-electron chi connectivity index (χ0n) is 19.0. The maximum Gasteiger partial charge on any atom is 0.416 e. The molecule has 0 saturated heterocycles. The van der Waals surface area contributed by atoms with Gasteiger partial charge in [0.2, 0.25) is 0 Å². The van der Waals surface area contributed by atoms with Crippen molar-refractivity contribution in [1.82, 2.24) is 9.97 Å². The zero-order chi connectivity index (χ0) is 25.3. The van der Waals surface area contributed by atoms with E-state index < -0.39 is 11.7 Å². The number of Topliss-reactive ketones (excluding diaryl/α,β-unsaturated/α-hetero) is 1. The number of halogens is 3. The number of carbonyl (C=O) groups excluding carboxylic acids is 1. The van der Waals surface area contributed by atoms with Crippen LogP contribution >= 0.6 is 11.3 Å². The monoisotopic (exact) mass is 508 g/mol. The summed E-state index contributed by atoms with van der Waals surface area (Å²) in [5.41, 5.74) is 3.98. The van der Waals surface area contributed by atoms with Crippen LogP contribution in [0.4, 0.5) is 13.2 Å². The largest absolute Gasteiger partial charge is 0.490 e. The fourth-order valence-corrected chi connectivity index (χ4v) is 4.63. The number of aromatic nitrogens is 2. The molecule has 0 spiro atoms. The van der Waals surface area contributed by atoms with E-state index in [9.17, 15) is 18.0 Å². The van der Waals surface area contributed by atoms with Crippen molar-refractivity contribution in [1.29, 1.82) is 0 Å². The molecule has 2 aromatic heterocycles. The topological polar surface area (TPSA) is 61.3 Å². The standard InChI is InChI=1S/C27H19F3N2O3S/c1-16-25(32-15-36-16)24-21-7-6-20(35-13-12-34-19-8-10-31-11-9-19)14-22(21)26(33)23(24)17-2-4-18(5-3-17)27(28,29)30/h2-11,14-15H,12-13H2,1H3. The molecule has 4 aromatic rings. The Labute approximate surface area is 208 Å². The van der Waals surface area contributed by atoms with E-state index in [0.717, 1.165) is 17.0 Å². The normalized spacial score (nSPS) is 13.2. The molecule has 0 aliphatic heterocycles. The quantitative estimate of drug-likeness (QED) is 0.268. The van der Waals surface area contributed by atoms with Gasteiger partial charge in [-0.3, -0.25) is 9.78 Å². The van der Waals surface area contributed by atoms with Crippen molar-refractivity contribution >= 4 is 28.3 Å². The van der Waals surface area contributed by atoms with Crippen LogP contribution in [0.2, 0.25) is 0 Å². The first-order chi connectivity index (χ1) is 17.3. The summed E-state index contributed by atoms with van der Waals surface area (Å²) >= 11 is 1.44. The summed E-state index contributed by atoms with van der Waals surface area (Å²) in [5, 5.41) is 0. The second-order valence-electron chi connectivity index (χ2n) is 8.00. The summed E-state index contributed by atoms with van der Waals surface area (Å²) in [6, 6.07) is 13.3. The van der Waals surface area contributed by atoms with E-state index >= 15 is 0 Å². The first kappa shape index (κ1) is 23.7. The molecule has 0 fully saturated rings. The molecule has 0 N–H and O–H groups in total. The second kappa shape index (κ2) is 9.58. The van der Waals surface area contributed by atoms with Crippen LogP contribution in [0.25, 0.3) is 11.1 Å². The number of aryl methyl sites for hydroxylation is 1. The summed E-state index contributed by atoms with van der Waals surface area (Å²) in [6.45, 7) is 2.45. The van der Waals surface area contributed by atoms with Crippen molar-refractivity contribution in [2.45, 2.75) is 13.1 Å². The van der Waals surface area contributed by atoms with E-state index in [0.29, 0.717) is 51.6 Å². The predicted molar refractivity (Wildman–Crippen MR) is 130 cm³/mol. The van der Waals surface area contributed by atoms with Gasteiger partial charge in [-0.2, -0.15) is 13.2 Å². The highest BCUT2D eigenvalue weighted by molar-refractivity contribution is 7.09. The summed E-state index contributed by atoms with van der Waals surface area (Å²) in [4.78, 5) is 22.9. The SMILES string of the molecule is Cc1scnc1C1=C(c2ccc(C(F)(F)F)cc2)C(=O)c2cc(OCCOc3ccncc3)ccc21. The Morgan fingerprint density at radius 1 is 0.861 bits per heavy atom. The molecule has 1 aliphatic carbocycles. The first-order valence-corrected chi connectivity index (χ1v) is 11.9. The van der Waals surface area contributed by atoms with Gasteiger partial charge >= 0.3 is 6.18 Å². The Kier molecular flexibility index (Phi) is 6.32. The number of pyridine rings is 1. The molecule has 1 aliphatic rings. The number of fused-ring (bicyclic) bond motifs is 1. The molecule has 36 heavy (non-hydrogen) atoms. The van der Waals surface area contributed by atoms with Crippen molar-refractivity contribution < 1.29 is 27.4 Å². The molecule has 5 nitrogen and oxygen atoms in total. The van der Waals surface area contributed by atoms with Crippen LogP contribution in [0.3, 0.4) is 0 Å². The van der Waals surface area contributed by atoms with Crippen LogP contribution < -0.4 is 9.47 Å². The van der Waals surface area contributed by atoms with Gasteiger partial charge in [0.1, 0.15) is 24.7 Å². The highest BCUT2D eigenvalue weighted by Crippen LogP contribution is 2.44. The summed E-state index contributed by atoms with van der Waals surface area (Å²) < 4.78 is 50.7. The molecule has 182 valence electrons. The van der Waals surface area contributed by atoms with Crippen molar-refractivity contribution in [2.24, 2.45) is 0 Å². The van der Waals surface area contributed by atoms with E-state index in [2.05, 4.69) is 9.97 Å². The van der Waals surface area contributed by atoms with Crippen molar-refractivity contribution in [3.63, 3.8) is 0 Å². The molecular weight excluding hydrogens is 489 g/mol. The maximum atomic E-state index is 13.6. The number of carbonyl (C=O) groups is 1. The van der Waals surface area contributed by atoms with Gasteiger partial charge in [0.25, 0.3) is 0 Å². The molecule has 0 bridgehead atoms. The molecule has 0 radical (unpaired) electrons. The van der Waals surface area contributed by atoms with Crippen molar-refractivity contribution in [2.75, 3.05) is 13.2 Å². The minimum Gasteiger partial charge on any atom is -0.490 e. The molecule has 0 atom stereocenters. The average Bonchev–Trinajstić information content (AvgIpc) is 3.42. The van der Waals surface area contributed by atoms with Crippen LogP contribution in [-0.2, 0) is 6.18 Å². The number of allylic oxidation sites excluding steroid dienone is 1. The van der Waals surface area contributed by atoms with Gasteiger partial charge in [0.15, 0.2) is 5.78 Å². The van der Waals surface area contributed by atoms with Gasteiger partial charge in [-0.25, -0.2) is 4.98 Å². The number of rotatable bonds is 7. The summed E-state index contributed by atoms with van der Waals surface area (Å²) in [6.07, 6.45) is -1.20. The Morgan fingerprint density at radius 2 is 1.56 bits per heavy atom. The molecule has 0 saturated carbocycles. The first-order valence-electron chi connectivity index (χ1n) is 11.0. The predicted octanol–water partition coefficient (Wildman–Crippen LogP) is 6.48. The summed E-state index contributed by atoms with van der Waals surface area (Å²) in [5.74, 6) is 0.875. The Balaban J connectivity index is 1.44. The highest BCUT2D eigenvalue weighted by atomic mass is 32.1. The minimum absolute atomic E-state index is 0.256. The van der Waals surface area contributed by atoms with Gasteiger partial charge in [0.05, 0.1) is 16.8 Å². The van der Waals surface area contributed by atoms with Gasteiger partial charge in [-0.15, -0.1) is 11.3 Å². The average molecular weight is 509 g/mol. The van der Waals surface area contributed by atoms with E-state index in [1.807, 2.05) is 6.92 Å². The van der Waals surface area contributed by atoms with Gasteiger partial charge in [-0.1, -0.05) is 12.1 Å². The lowest BCUT2D eigenvalue weighted by Gasteiger charge is -2.10. The number of alkyl halides is 3. The van der Waals surface area contributed by atoms with E-state index in [1.165, 1.54) is 23.5 Å². The van der Waals surface area contributed by atoms with Crippen LogP contribution in [0.15, 0.2) is 72.5 Å². The lowest BCUT2D eigenvalue weighted by molar-refractivity contribution is -0.137. The lowest BCUT2D eigenvalue weighted by atomic mass is 9.96. The minimum atomic E-state index is -4.46. The molecule has 0 unspecified atom stereocenters. The smallest absolute Gasteiger partial charge is 0.416 e. The van der Waals surface area contributed by atoms with Gasteiger partial charge < -0.3 is 9.47 Å². The van der Waals surface area contributed by atoms with Crippen LogP contribution in [0.5, 0.6) is 11.5 Å². The van der Waals surface area contributed by atoms with Crippen LogP contribution in [0.1, 0.15) is 37.6 Å². The molecule has 0 amide bonds. The van der Waals surface area contributed by atoms with Crippen LogP contribution in [0, 0.1) is 6.92 Å². The molecule has 2 aromatic carbocycles. The lowest BCUT2D eigenvalue weighted by Crippen LogP contribution is -2.09. The molecule has 5 rings (SSSR count). The third-order valence-corrected chi connectivity index (χ3v) is 6.49. The number of benzene rings is 2. The summed E-state index contributed by atoms with van der Waals surface area (Å²) in [7, 11) is 0. The molecule has 2 heterocycles. The van der Waals surface area contributed by atoms with Gasteiger partial charge in [0, 0.05) is 34.0 Å². The zero-order valence-corrected chi connectivity index (χ0v) is 19.8. The molecular formula is C27H19F3N2O3S. The van der Waals surface area contributed by atoms with Crippen molar-refractivity contribution in [3.8, 4) is 11.5 Å². The third-order valence-electron chi connectivity index (χ3n) is 5.74.